The standard InChI is InChI=1S/C23H24ClN3O2/c1-15-5-7-18(8-6-15)14-27-17(3)20(16(2)26-27)10-12-23(28)25-21-13-19(24)9-11-22(21)29-4/h5-13H,14H2,1-4H3,(H,25,28)/b12-10+. The van der Waals surface area contributed by atoms with Crippen LogP contribution in [0.5, 0.6) is 5.75 Å². The molecule has 0 unspecified atom stereocenters. The van der Waals surface area contributed by atoms with Gasteiger partial charge in [0.2, 0.25) is 5.91 Å². The number of hydrogen-bond donors (Lipinski definition) is 1. The van der Waals surface area contributed by atoms with Crippen LogP contribution < -0.4 is 10.1 Å². The van der Waals surface area contributed by atoms with Gasteiger partial charge in [-0.1, -0.05) is 41.4 Å². The van der Waals surface area contributed by atoms with Gasteiger partial charge in [0.05, 0.1) is 25.0 Å². The number of rotatable bonds is 6. The minimum absolute atomic E-state index is 0.268. The summed E-state index contributed by atoms with van der Waals surface area (Å²) in [6.45, 7) is 6.70. The summed E-state index contributed by atoms with van der Waals surface area (Å²) in [5.74, 6) is 0.282. The number of carbonyl (C=O) groups excluding carboxylic acids is 1. The molecule has 0 saturated heterocycles. The number of carbonyl (C=O) groups is 1. The van der Waals surface area contributed by atoms with Crippen LogP contribution in [-0.2, 0) is 11.3 Å². The summed E-state index contributed by atoms with van der Waals surface area (Å²) >= 11 is 6.01. The summed E-state index contributed by atoms with van der Waals surface area (Å²) in [5, 5.41) is 7.95. The minimum atomic E-state index is -0.268. The Morgan fingerprint density at radius 3 is 2.59 bits per heavy atom. The first-order valence-electron chi connectivity index (χ1n) is 9.29. The molecule has 0 aliphatic heterocycles. The molecule has 0 aliphatic carbocycles. The van der Waals surface area contributed by atoms with E-state index in [4.69, 9.17) is 16.3 Å². The van der Waals surface area contributed by atoms with Gasteiger partial charge in [-0.25, -0.2) is 0 Å². The van der Waals surface area contributed by atoms with Gasteiger partial charge < -0.3 is 10.1 Å². The SMILES string of the molecule is COc1ccc(Cl)cc1NC(=O)/C=C/c1c(C)nn(Cc2ccc(C)cc2)c1C. The summed E-state index contributed by atoms with van der Waals surface area (Å²) in [6, 6.07) is 13.5. The van der Waals surface area contributed by atoms with E-state index in [2.05, 4.69) is 41.6 Å². The normalized spacial score (nSPS) is 11.1. The molecule has 3 aromatic rings. The molecule has 0 fully saturated rings. The van der Waals surface area contributed by atoms with Gasteiger partial charge in [-0.05, 0) is 50.6 Å². The molecule has 3 rings (SSSR count). The zero-order chi connectivity index (χ0) is 21.0. The topological polar surface area (TPSA) is 56.1 Å². The van der Waals surface area contributed by atoms with E-state index >= 15 is 0 Å². The monoisotopic (exact) mass is 409 g/mol. The molecule has 1 amide bonds. The highest BCUT2D eigenvalue weighted by Crippen LogP contribution is 2.27. The minimum Gasteiger partial charge on any atom is -0.495 e. The summed E-state index contributed by atoms with van der Waals surface area (Å²) in [5.41, 5.74) is 5.76. The Morgan fingerprint density at radius 2 is 1.90 bits per heavy atom. The van der Waals surface area contributed by atoms with E-state index in [0.717, 1.165) is 17.0 Å². The van der Waals surface area contributed by atoms with Crippen molar-refractivity contribution in [2.45, 2.75) is 27.3 Å². The van der Waals surface area contributed by atoms with Crippen LogP contribution in [0, 0.1) is 20.8 Å². The van der Waals surface area contributed by atoms with Gasteiger partial charge in [-0.3, -0.25) is 9.48 Å². The van der Waals surface area contributed by atoms with E-state index < -0.39 is 0 Å². The predicted molar refractivity (Wildman–Crippen MR) is 118 cm³/mol. The van der Waals surface area contributed by atoms with Crippen molar-refractivity contribution < 1.29 is 9.53 Å². The highest BCUT2D eigenvalue weighted by Gasteiger charge is 2.11. The fourth-order valence-corrected chi connectivity index (χ4v) is 3.26. The maximum Gasteiger partial charge on any atom is 0.248 e. The van der Waals surface area contributed by atoms with Crippen molar-refractivity contribution in [3.05, 3.63) is 81.6 Å². The molecule has 1 N–H and O–H groups in total. The fraction of sp³-hybridized carbons (Fsp3) is 0.217. The van der Waals surface area contributed by atoms with Crippen molar-refractivity contribution in [2.24, 2.45) is 0 Å². The Balaban J connectivity index is 1.75. The summed E-state index contributed by atoms with van der Waals surface area (Å²) in [4.78, 5) is 12.4. The lowest BCUT2D eigenvalue weighted by molar-refractivity contribution is -0.111. The largest absolute Gasteiger partial charge is 0.495 e. The molecule has 2 aromatic carbocycles. The number of ether oxygens (including phenoxy) is 1. The Kier molecular flexibility index (Phi) is 6.39. The number of halogens is 1. The fourth-order valence-electron chi connectivity index (χ4n) is 3.08. The van der Waals surface area contributed by atoms with Crippen LogP contribution in [0.4, 0.5) is 5.69 Å². The van der Waals surface area contributed by atoms with Crippen LogP contribution in [-0.4, -0.2) is 22.8 Å². The third-order valence-electron chi connectivity index (χ3n) is 4.71. The lowest BCUT2D eigenvalue weighted by Gasteiger charge is -2.09. The molecule has 6 heteroatoms. The number of aryl methyl sites for hydroxylation is 2. The van der Waals surface area contributed by atoms with E-state index in [1.807, 2.05) is 18.5 Å². The van der Waals surface area contributed by atoms with Gasteiger partial charge in [0.15, 0.2) is 0 Å². The maximum atomic E-state index is 12.4. The number of amides is 1. The molecule has 1 aromatic heterocycles. The lowest BCUT2D eigenvalue weighted by Crippen LogP contribution is -2.09. The van der Waals surface area contributed by atoms with Crippen LogP contribution in [0.1, 0.15) is 28.1 Å². The Labute approximate surface area is 176 Å². The smallest absolute Gasteiger partial charge is 0.248 e. The van der Waals surface area contributed by atoms with Gasteiger partial charge >= 0.3 is 0 Å². The first-order valence-corrected chi connectivity index (χ1v) is 9.67. The number of benzene rings is 2. The highest BCUT2D eigenvalue weighted by molar-refractivity contribution is 6.31. The number of nitrogens with zero attached hydrogens (tertiary/aromatic N) is 2. The van der Waals surface area contributed by atoms with E-state index in [1.54, 1.807) is 31.4 Å². The molecule has 0 aliphatic rings. The molecular weight excluding hydrogens is 386 g/mol. The maximum absolute atomic E-state index is 12.4. The zero-order valence-corrected chi connectivity index (χ0v) is 17.7. The number of anilines is 1. The third kappa shape index (κ3) is 5.06. The lowest BCUT2D eigenvalue weighted by atomic mass is 10.1. The van der Waals surface area contributed by atoms with Gasteiger partial charge in [0.1, 0.15) is 5.75 Å². The van der Waals surface area contributed by atoms with Crippen molar-refractivity contribution in [3.8, 4) is 5.75 Å². The first kappa shape index (κ1) is 20.7. The van der Waals surface area contributed by atoms with E-state index in [0.29, 0.717) is 23.0 Å². The van der Waals surface area contributed by atoms with Gasteiger partial charge in [0.25, 0.3) is 0 Å². The van der Waals surface area contributed by atoms with E-state index in [-0.39, 0.29) is 5.91 Å². The Bertz CT molecular complexity index is 1050. The molecule has 0 atom stereocenters. The predicted octanol–water partition coefficient (Wildman–Crippen LogP) is 5.17. The molecule has 0 bridgehead atoms. The summed E-state index contributed by atoms with van der Waals surface area (Å²) in [7, 11) is 1.55. The van der Waals surface area contributed by atoms with Crippen molar-refractivity contribution in [1.82, 2.24) is 9.78 Å². The Morgan fingerprint density at radius 1 is 1.17 bits per heavy atom. The van der Waals surface area contributed by atoms with Crippen LogP contribution in [0.15, 0.2) is 48.5 Å². The van der Waals surface area contributed by atoms with Crippen LogP contribution in [0.3, 0.4) is 0 Å². The first-order chi connectivity index (χ1) is 13.9. The van der Waals surface area contributed by atoms with Crippen molar-refractivity contribution >= 4 is 29.3 Å². The van der Waals surface area contributed by atoms with Gasteiger partial charge in [-0.15, -0.1) is 0 Å². The average Bonchev–Trinajstić information content (AvgIpc) is 2.95. The third-order valence-corrected chi connectivity index (χ3v) is 4.95. The zero-order valence-electron chi connectivity index (χ0n) is 17.0. The van der Waals surface area contributed by atoms with Crippen molar-refractivity contribution in [3.63, 3.8) is 0 Å². The van der Waals surface area contributed by atoms with E-state index in [1.165, 1.54) is 17.2 Å². The molecule has 0 saturated carbocycles. The summed E-state index contributed by atoms with van der Waals surface area (Å²) < 4.78 is 7.21. The molecule has 1 heterocycles. The number of nitrogens with one attached hydrogen (secondary N) is 1. The molecule has 0 spiro atoms. The molecule has 29 heavy (non-hydrogen) atoms. The van der Waals surface area contributed by atoms with E-state index in [9.17, 15) is 4.79 Å². The van der Waals surface area contributed by atoms with Gasteiger partial charge in [-0.2, -0.15) is 5.10 Å². The van der Waals surface area contributed by atoms with Crippen LogP contribution >= 0.6 is 11.6 Å². The summed E-state index contributed by atoms with van der Waals surface area (Å²) in [6.07, 6.45) is 3.28. The van der Waals surface area contributed by atoms with Crippen molar-refractivity contribution in [1.29, 1.82) is 0 Å². The molecule has 0 radical (unpaired) electrons. The van der Waals surface area contributed by atoms with Crippen LogP contribution in [0.25, 0.3) is 6.08 Å². The second kappa shape index (κ2) is 8.97. The molecule has 150 valence electrons. The second-order valence-electron chi connectivity index (χ2n) is 6.89. The van der Waals surface area contributed by atoms with Crippen LogP contribution in [0.2, 0.25) is 5.02 Å². The average molecular weight is 410 g/mol. The number of aromatic nitrogens is 2. The molecular formula is C23H24ClN3O2. The molecule has 5 nitrogen and oxygen atoms in total. The second-order valence-corrected chi connectivity index (χ2v) is 7.33. The Hall–Kier alpha value is -3.05. The number of hydrogen-bond acceptors (Lipinski definition) is 3. The number of methoxy groups -OCH3 is 1. The van der Waals surface area contributed by atoms with Gasteiger partial charge in [0, 0.05) is 22.4 Å². The highest BCUT2D eigenvalue weighted by atomic mass is 35.5. The van der Waals surface area contributed by atoms with Crippen molar-refractivity contribution in [2.75, 3.05) is 12.4 Å². The quantitative estimate of drug-likeness (QED) is 0.571.